The van der Waals surface area contributed by atoms with Gasteiger partial charge in [-0.15, -0.1) is 0 Å². The molecule has 10 heteroatoms. The number of imidazole rings is 1. The Morgan fingerprint density at radius 1 is 1.36 bits per heavy atom. The summed E-state index contributed by atoms with van der Waals surface area (Å²) < 4.78 is 34.2. The highest BCUT2D eigenvalue weighted by Gasteiger charge is 2.28. The summed E-state index contributed by atoms with van der Waals surface area (Å²) in [5.41, 5.74) is 1.42. The van der Waals surface area contributed by atoms with Crippen LogP contribution in [-0.2, 0) is 26.9 Å². The van der Waals surface area contributed by atoms with E-state index in [1.807, 2.05) is 27.7 Å². The SMILES string of the molecule is CC(C)NC(=S)N(Cc1cnc(S(=O)(=O)Cc2cccc(Cl)c2)n1C(C)C)C[C@@H]1CCCO1. The number of halogens is 1. The van der Waals surface area contributed by atoms with Crippen LogP contribution in [0, 0.1) is 0 Å². The zero-order valence-corrected chi connectivity index (χ0v) is 22.0. The first-order chi connectivity index (χ1) is 15.6. The molecule has 1 aliphatic heterocycles. The summed E-state index contributed by atoms with van der Waals surface area (Å²) in [7, 11) is -3.68. The third-order valence-corrected chi connectivity index (χ3v) is 7.56. The Balaban J connectivity index is 1.89. The smallest absolute Gasteiger partial charge is 0.228 e. The quantitative estimate of drug-likeness (QED) is 0.500. The van der Waals surface area contributed by atoms with Gasteiger partial charge in [-0.05, 0) is 70.5 Å². The van der Waals surface area contributed by atoms with E-state index in [1.165, 1.54) is 0 Å². The van der Waals surface area contributed by atoms with Crippen molar-refractivity contribution in [1.82, 2.24) is 19.8 Å². The van der Waals surface area contributed by atoms with Crippen molar-refractivity contribution in [2.45, 2.75) is 76.2 Å². The largest absolute Gasteiger partial charge is 0.376 e. The minimum absolute atomic E-state index is 0.0623. The minimum atomic E-state index is -3.68. The van der Waals surface area contributed by atoms with Gasteiger partial charge in [-0.1, -0.05) is 23.7 Å². The third kappa shape index (κ3) is 6.91. The summed E-state index contributed by atoms with van der Waals surface area (Å²) >= 11 is 11.7. The number of hydrogen-bond donors (Lipinski definition) is 1. The second kappa shape index (κ2) is 11.2. The molecule has 0 radical (unpaired) electrons. The van der Waals surface area contributed by atoms with Crippen LogP contribution in [0.3, 0.4) is 0 Å². The number of thiocarbonyl (C=S) groups is 1. The highest BCUT2D eigenvalue weighted by molar-refractivity contribution is 7.90. The van der Waals surface area contributed by atoms with Crippen molar-refractivity contribution in [1.29, 1.82) is 0 Å². The minimum Gasteiger partial charge on any atom is -0.376 e. The van der Waals surface area contributed by atoms with Crippen molar-refractivity contribution in [2.75, 3.05) is 13.2 Å². The fourth-order valence-corrected chi connectivity index (χ4v) is 6.15. The van der Waals surface area contributed by atoms with E-state index in [0.717, 1.165) is 25.1 Å². The molecule has 0 spiro atoms. The third-order valence-electron chi connectivity index (χ3n) is 5.38. The second-order valence-corrected chi connectivity index (χ2v) is 11.7. The van der Waals surface area contributed by atoms with E-state index in [9.17, 15) is 8.42 Å². The van der Waals surface area contributed by atoms with Crippen LogP contribution in [0.5, 0.6) is 0 Å². The molecule has 0 bridgehead atoms. The summed E-state index contributed by atoms with van der Waals surface area (Å²) in [4.78, 5) is 6.40. The summed E-state index contributed by atoms with van der Waals surface area (Å²) in [5.74, 6) is -0.163. The van der Waals surface area contributed by atoms with Crippen LogP contribution in [0.4, 0.5) is 0 Å². The Labute approximate surface area is 207 Å². The number of sulfone groups is 1. The summed E-state index contributed by atoms with van der Waals surface area (Å²) in [5, 5.41) is 4.50. The summed E-state index contributed by atoms with van der Waals surface area (Å²) in [6, 6.07) is 6.99. The van der Waals surface area contributed by atoms with Gasteiger partial charge in [-0.2, -0.15) is 0 Å². The second-order valence-electron chi connectivity index (χ2n) is 9.00. The Bertz CT molecular complexity index is 1060. The number of aromatic nitrogens is 2. The van der Waals surface area contributed by atoms with Crippen LogP contribution in [0.25, 0.3) is 0 Å². The summed E-state index contributed by atoms with van der Waals surface area (Å²) in [6.07, 6.45) is 3.78. The predicted octanol–water partition coefficient (Wildman–Crippen LogP) is 4.36. The Kier molecular flexibility index (Phi) is 8.77. The molecule has 2 heterocycles. The molecule has 7 nitrogen and oxygen atoms in total. The van der Waals surface area contributed by atoms with Crippen molar-refractivity contribution < 1.29 is 13.2 Å². The molecular formula is C23H33ClN4O3S2. The molecule has 33 heavy (non-hydrogen) atoms. The molecule has 0 amide bonds. The maximum atomic E-state index is 13.3. The molecule has 3 rings (SSSR count). The molecule has 1 aromatic carbocycles. The standard InChI is InChI=1S/C23H33ClN4O3S2/c1-16(2)26-22(32)27(14-21-9-6-10-31-21)13-20-12-25-23(28(20)17(3)4)33(29,30)15-18-7-5-8-19(24)11-18/h5,7-8,11-12,16-17,21H,6,9-10,13-15H2,1-4H3,(H,26,32)/t21-/m0/s1. The van der Waals surface area contributed by atoms with Gasteiger partial charge in [0.15, 0.2) is 5.11 Å². The number of nitrogens with one attached hydrogen (secondary N) is 1. The van der Waals surface area contributed by atoms with Crippen LogP contribution in [0.15, 0.2) is 35.6 Å². The molecular weight excluding hydrogens is 480 g/mol. The van der Waals surface area contributed by atoms with Crippen LogP contribution >= 0.6 is 23.8 Å². The fourth-order valence-electron chi connectivity index (χ4n) is 3.97. The van der Waals surface area contributed by atoms with Crippen LogP contribution < -0.4 is 5.32 Å². The van der Waals surface area contributed by atoms with Gasteiger partial charge in [0.05, 0.1) is 30.3 Å². The van der Waals surface area contributed by atoms with Gasteiger partial charge in [0.1, 0.15) is 0 Å². The Morgan fingerprint density at radius 3 is 2.73 bits per heavy atom. The number of nitrogens with zero attached hydrogens (tertiary/aromatic N) is 3. The predicted molar refractivity (Wildman–Crippen MR) is 135 cm³/mol. The highest BCUT2D eigenvalue weighted by Crippen LogP contribution is 2.24. The van der Waals surface area contributed by atoms with E-state index < -0.39 is 9.84 Å². The first-order valence-electron chi connectivity index (χ1n) is 11.3. The van der Waals surface area contributed by atoms with Gasteiger partial charge in [0.25, 0.3) is 0 Å². The van der Waals surface area contributed by atoms with Gasteiger partial charge in [-0.25, -0.2) is 13.4 Å². The van der Waals surface area contributed by atoms with Gasteiger partial charge < -0.3 is 19.5 Å². The van der Waals surface area contributed by atoms with Crippen molar-refractivity contribution in [3.8, 4) is 0 Å². The monoisotopic (exact) mass is 512 g/mol. The van der Waals surface area contributed by atoms with E-state index in [4.69, 9.17) is 28.6 Å². The lowest BCUT2D eigenvalue weighted by atomic mass is 10.2. The molecule has 0 aliphatic carbocycles. The number of benzene rings is 1. The molecule has 0 unspecified atom stereocenters. The lowest BCUT2D eigenvalue weighted by Crippen LogP contribution is -2.45. The number of hydrogen-bond acceptors (Lipinski definition) is 5. The maximum absolute atomic E-state index is 13.3. The molecule has 182 valence electrons. The average molecular weight is 513 g/mol. The first kappa shape index (κ1) is 25.9. The van der Waals surface area contributed by atoms with E-state index in [0.29, 0.717) is 28.8 Å². The van der Waals surface area contributed by atoms with Crippen LogP contribution in [0.1, 0.15) is 57.8 Å². The van der Waals surface area contributed by atoms with Gasteiger partial charge >= 0.3 is 0 Å². The van der Waals surface area contributed by atoms with Crippen LogP contribution in [-0.4, -0.2) is 53.3 Å². The number of rotatable bonds is 9. The van der Waals surface area contributed by atoms with E-state index in [-0.39, 0.29) is 29.1 Å². The molecule has 1 aliphatic rings. The molecule has 1 atom stereocenters. The lowest BCUT2D eigenvalue weighted by Gasteiger charge is -2.30. The maximum Gasteiger partial charge on any atom is 0.228 e. The zero-order chi connectivity index (χ0) is 24.2. The van der Waals surface area contributed by atoms with Gasteiger partial charge in [-0.3, -0.25) is 0 Å². The first-order valence-corrected chi connectivity index (χ1v) is 13.7. The van der Waals surface area contributed by atoms with Crippen molar-refractivity contribution in [3.63, 3.8) is 0 Å². The summed E-state index contributed by atoms with van der Waals surface area (Å²) in [6.45, 7) is 9.84. The zero-order valence-electron chi connectivity index (χ0n) is 19.6. The van der Waals surface area contributed by atoms with Crippen molar-refractivity contribution in [3.05, 3.63) is 46.7 Å². The van der Waals surface area contributed by atoms with Crippen molar-refractivity contribution >= 4 is 38.8 Å². The van der Waals surface area contributed by atoms with Crippen molar-refractivity contribution in [2.24, 2.45) is 0 Å². The average Bonchev–Trinajstić information content (AvgIpc) is 3.36. The molecule has 2 aromatic rings. The Hall–Kier alpha value is -1.68. The van der Waals surface area contributed by atoms with Crippen LogP contribution in [0.2, 0.25) is 5.02 Å². The fraction of sp³-hybridized carbons (Fsp3) is 0.565. The van der Waals surface area contributed by atoms with E-state index in [2.05, 4.69) is 15.2 Å². The van der Waals surface area contributed by atoms with Gasteiger partial charge in [0, 0.05) is 30.3 Å². The Morgan fingerprint density at radius 2 is 2.12 bits per heavy atom. The number of ether oxygens (including phenoxy) is 1. The van der Waals surface area contributed by atoms with E-state index >= 15 is 0 Å². The van der Waals surface area contributed by atoms with E-state index in [1.54, 1.807) is 35.0 Å². The molecule has 1 N–H and O–H groups in total. The molecule has 0 saturated carbocycles. The molecule has 1 aromatic heterocycles. The normalized spacial score (nSPS) is 16.5. The lowest BCUT2D eigenvalue weighted by molar-refractivity contribution is 0.0890. The molecule has 1 fully saturated rings. The highest BCUT2D eigenvalue weighted by atomic mass is 35.5. The topological polar surface area (TPSA) is 76.5 Å². The van der Waals surface area contributed by atoms with Gasteiger partial charge in [0.2, 0.25) is 15.0 Å². The molecule has 1 saturated heterocycles.